The lowest BCUT2D eigenvalue weighted by Gasteiger charge is -2.03. The number of rotatable bonds is 4. The highest BCUT2D eigenvalue weighted by molar-refractivity contribution is 7.19. The quantitative estimate of drug-likeness (QED) is 0.411. The first kappa shape index (κ1) is 18.4. The smallest absolute Gasteiger partial charge is 0.257 e. The van der Waals surface area contributed by atoms with Crippen molar-refractivity contribution in [3.8, 4) is 21.7 Å². The van der Waals surface area contributed by atoms with Crippen LogP contribution in [0.4, 0.5) is 5.13 Å². The topological polar surface area (TPSA) is 42.0 Å². The number of hydrogen-bond donors (Lipinski definition) is 1. The van der Waals surface area contributed by atoms with E-state index in [9.17, 15) is 4.79 Å². The minimum Gasteiger partial charge on any atom is -0.298 e. The average Bonchev–Trinajstić information content (AvgIpc) is 3.13. The summed E-state index contributed by atoms with van der Waals surface area (Å²) in [6, 6.07) is 25.0. The molecular formula is C23H17ClN2OS. The Kier molecular flexibility index (Phi) is 5.24. The van der Waals surface area contributed by atoms with E-state index in [1.807, 2.05) is 42.5 Å². The summed E-state index contributed by atoms with van der Waals surface area (Å²) in [5.74, 6) is -0.174. The van der Waals surface area contributed by atoms with E-state index in [-0.39, 0.29) is 5.91 Å². The molecule has 28 heavy (non-hydrogen) atoms. The van der Waals surface area contributed by atoms with Gasteiger partial charge >= 0.3 is 0 Å². The number of carbonyl (C=O) groups is 1. The summed E-state index contributed by atoms with van der Waals surface area (Å²) in [6.45, 7) is 2.06. The van der Waals surface area contributed by atoms with Crippen LogP contribution in [-0.4, -0.2) is 10.9 Å². The van der Waals surface area contributed by atoms with E-state index in [4.69, 9.17) is 16.6 Å². The fourth-order valence-corrected chi connectivity index (χ4v) is 3.95. The number of anilines is 1. The Morgan fingerprint density at radius 1 is 0.893 bits per heavy atom. The third-order valence-corrected chi connectivity index (χ3v) is 5.59. The van der Waals surface area contributed by atoms with Crippen LogP contribution in [0.1, 0.15) is 15.9 Å². The number of hydrogen-bond acceptors (Lipinski definition) is 3. The highest BCUT2D eigenvalue weighted by atomic mass is 35.5. The molecular weight excluding hydrogens is 388 g/mol. The third kappa shape index (κ3) is 3.98. The van der Waals surface area contributed by atoms with Gasteiger partial charge in [0.15, 0.2) is 5.13 Å². The predicted molar refractivity (Wildman–Crippen MR) is 117 cm³/mol. The molecule has 0 unspecified atom stereocenters. The Hall–Kier alpha value is -2.95. The molecule has 0 aliphatic rings. The maximum absolute atomic E-state index is 12.5. The average molecular weight is 405 g/mol. The van der Waals surface area contributed by atoms with Crippen molar-refractivity contribution in [2.75, 3.05) is 5.32 Å². The molecule has 138 valence electrons. The van der Waals surface area contributed by atoms with Gasteiger partial charge in [-0.05, 0) is 36.8 Å². The predicted octanol–water partition coefficient (Wildman–Crippen LogP) is 6.69. The Morgan fingerprint density at radius 2 is 1.54 bits per heavy atom. The summed E-state index contributed by atoms with van der Waals surface area (Å²) >= 11 is 7.50. The van der Waals surface area contributed by atoms with E-state index >= 15 is 0 Å². The molecule has 0 saturated heterocycles. The molecule has 5 heteroatoms. The number of aromatic nitrogens is 1. The van der Waals surface area contributed by atoms with Gasteiger partial charge in [0.25, 0.3) is 5.91 Å². The minimum atomic E-state index is -0.174. The van der Waals surface area contributed by atoms with Gasteiger partial charge < -0.3 is 0 Å². The minimum absolute atomic E-state index is 0.174. The first-order valence-electron chi connectivity index (χ1n) is 8.80. The van der Waals surface area contributed by atoms with Crippen molar-refractivity contribution >= 4 is 34.0 Å². The summed E-state index contributed by atoms with van der Waals surface area (Å²) in [6.07, 6.45) is 0. The van der Waals surface area contributed by atoms with Crippen LogP contribution in [0, 0.1) is 6.92 Å². The van der Waals surface area contributed by atoms with Crippen molar-refractivity contribution in [2.24, 2.45) is 0 Å². The van der Waals surface area contributed by atoms with Crippen LogP contribution in [0.25, 0.3) is 21.7 Å². The van der Waals surface area contributed by atoms with E-state index in [2.05, 4.69) is 36.5 Å². The number of nitrogens with one attached hydrogen (secondary N) is 1. The molecule has 1 aromatic heterocycles. The second kappa shape index (κ2) is 7.97. The molecule has 0 aliphatic carbocycles. The maximum atomic E-state index is 12.5. The Balaban J connectivity index is 1.74. The van der Waals surface area contributed by atoms with Gasteiger partial charge in [0.2, 0.25) is 0 Å². The lowest BCUT2D eigenvalue weighted by atomic mass is 10.1. The van der Waals surface area contributed by atoms with Gasteiger partial charge in [0, 0.05) is 16.1 Å². The van der Waals surface area contributed by atoms with Crippen molar-refractivity contribution in [3.63, 3.8) is 0 Å². The van der Waals surface area contributed by atoms with E-state index in [0.717, 1.165) is 21.7 Å². The number of benzene rings is 3. The number of amides is 1. The standard InChI is InChI=1S/C23H17ClN2OS/c1-15-7-9-17(10-8-15)21-20(16-11-13-19(24)14-12-16)25-23(28-21)26-22(27)18-5-3-2-4-6-18/h2-14H,1H3,(H,25,26,27). The maximum Gasteiger partial charge on any atom is 0.257 e. The zero-order valence-corrected chi connectivity index (χ0v) is 16.7. The highest BCUT2D eigenvalue weighted by Crippen LogP contribution is 2.39. The van der Waals surface area contributed by atoms with Crippen LogP contribution in [0.3, 0.4) is 0 Å². The number of thiazole rings is 1. The van der Waals surface area contributed by atoms with Gasteiger partial charge in [-0.25, -0.2) is 4.98 Å². The fourth-order valence-electron chi connectivity index (χ4n) is 2.84. The van der Waals surface area contributed by atoms with Crippen LogP contribution in [-0.2, 0) is 0 Å². The number of aryl methyl sites for hydroxylation is 1. The zero-order chi connectivity index (χ0) is 19.5. The van der Waals surface area contributed by atoms with Gasteiger partial charge in [-0.1, -0.05) is 83.1 Å². The summed E-state index contributed by atoms with van der Waals surface area (Å²) < 4.78 is 0. The van der Waals surface area contributed by atoms with Crippen LogP contribution in [0.2, 0.25) is 5.02 Å². The Labute approximate surface area is 172 Å². The first-order valence-corrected chi connectivity index (χ1v) is 10.00. The molecule has 3 aromatic carbocycles. The summed E-state index contributed by atoms with van der Waals surface area (Å²) in [5.41, 5.74) is 4.64. The Bertz CT molecular complexity index is 1040. The number of carbonyl (C=O) groups excluding carboxylic acids is 1. The van der Waals surface area contributed by atoms with Crippen LogP contribution >= 0.6 is 22.9 Å². The molecule has 0 saturated carbocycles. The van der Waals surface area contributed by atoms with E-state index < -0.39 is 0 Å². The molecule has 4 aromatic rings. The van der Waals surface area contributed by atoms with E-state index in [0.29, 0.717) is 15.7 Å². The van der Waals surface area contributed by atoms with Crippen LogP contribution in [0.5, 0.6) is 0 Å². The van der Waals surface area contributed by atoms with Crippen molar-refractivity contribution in [3.05, 3.63) is 95.0 Å². The Morgan fingerprint density at radius 3 is 2.21 bits per heavy atom. The molecule has 0 radical (unpaired) electrons. The monoisotopic (exact) mass is 404 g/mol. The molecule has 4 rings (SSSR count). The molecule has 0 spiro atoms. The molecule has 1 N–H and O–H groups in total. The van der Waals surface area contributed by atoms with E-state index in [1.165, 1.54) is 16.9 Å². The highest BCUT2D eigenvalue weighted by Gasteiger charge is 2.17. The van der Waals surface area contributed by atoms with Gasteiger partial charge in [0.1, 0.15) is 0 Å². The van der Waals surface area contributed by atoms with Crippen molar-refractivity contribution in [1.82, 2.24) is 4.98 Å². The van der Waals surface area contributed by atoms with Crippen LogP contribution in [0.15, 0.2) is 78.9 Å². The molecule has 1 amide bonds. The summed E-state index contributed by atoms with van der Waals surface area (Å²) in [4.78, 5) is 18.3. The molecule has 0 bridgehead atoms. The molecule has 0 aliphatic heterocycles. The van der Waals surface area contributed by atoms with Crippen LogP contribution < -0.4 is 5.32 Å². The van der Waals surface area contributed by atoms with Gasteiger partial charge in [-0.15, -0.1) is 0 Å². The summed E-state index contributed by atoms with van der Waals surface area (Å²) in [5, 5.41) is 4.16. The number of halogens is 1. The third-order valence-electron chi connectivity index (χ3n) is 4.32. The molecule has 3 nitrogen and oxygen atoms in total. The number of nitrogens with zero attached hydrogens (tertiary/aromatic N) is 1. The fraction of sp³-hybridized carbons (Fsp3) is 0.0435. The van der Waals surface area contributed by atoms with Gasteiger partial charge in [-0.2, -0.15) is 0 Å². The van der Waals surface area contributed by atoms with Gasteiger partial charge in [0.05, 0.1) is 10.6 Å². The summed E-state index contributed by atoms with van der Waals surface area (Å²) in [7, 11) is 0. The van der Waals surface area contributed by atoms with E-state index in [1.54, 1.807) is 12.1 Å². The molecule has 1 heterocycles. The first-order chi connectivity index (χ1) is 13.6. The van der Waals surface area contributed by atoms with Crippen molar-refractivity contribution in [2.45, 2.75) is 6.92 Å². The SMILES string of the molecule is Cc1ccc(-c2sc(NC(=O)c3ccccc3)nc2-c2ccc(Cl)cc2)cc1. The van der Waals surface area contributed by atoms with Gasteiger partial charge in [-0.3, -0.25) is 10.1 Å². The normalized spacial score (nSPS) is 10.6. The second-order valence-electron chi connectivity index (χ2n) is 6.39. The zero-order valence-electron chi connectivity index (χ0n) is 15.1. The second-order valence-corrected chi connectivity index (χ2v) is 7.83. The lowest BCUT2D eigenvalue weighted by Crippen LogP contribution is -2.11. The van der Waals surface area contributed by atoms with Crippen molar-refractivity contribution < 1.29 is 4.79 Å². The van der Waals surface area contributed by atoms with Crippen molar-refractivity contribution in [1.29, 1.82) is 0 Å². The molecule has 0 fully saturated rings. The molecule has 0 atom stereocenters. The largest absolute Gasteiger partial charge is 0.298 e. The lowest BCUT2D eigenvalue weighted by molar-refractivity contribution is 0.102.